The standard InChI is InChI=1S/C18H25ClN2O3S/c19-15-7-4-10-17(12-15)25(23,24)21-11-5-6-14(13-21)18(22)20-16-8-2-1-3-9-16/h4,7,10,12,14,16H,1-3,5-6,8-9,11,13H2,(H,20,22). The molecule has 2 aliphatic rings. The average molecular weight is 385 g/mol. The maximum Gasteiger partial charge on any atom is 0.243 e. The summed E-state index contributed by atoms with van der Waals surface area (Å²) in [6, 6.07) is 6.54. The summed E-state index contributed by atoms with van der Waals surface area (Å²) in [6.45, 7) is 0.690. The van der Waals surface area contributed by atoms with Crippen molar-refractivity contribution in [1.29, 1.82) is 0 Å². The number of carbonyl (C=O) groups excluding carboxylic acids is 1. The van der Waals surface area contributed by atoms with Gasteiger partial charge in [-0.15, -0.1) is 0 Å². The number of nitrogens with zero attached hydrogens (tertiary/aromatic N) is 1. The van der Waals surface area contributed by atoms with E-state index < -0.39 is 10.0 Å². The van der Waals surface area contributed by atoms with Crippen LogP contribution in [-0.2, 0) is 14.8 Å². The molecule has 1 aliphatic heterocycles. The number of sulfonamides is 1. The van der Waals surface area contributed by atoms with Crippen molar-refractivity contribution in [2.75, 3.05) is 13.1 Å². The van der Waals surface area contributed by atoms with E-state index in [0.717, 1.165) is 32.1 Å². The number of rotatable bonds is 4. The van der Waals surface area contributed by atoms with Gasteiger partial charge in [-0.3, -0.25) is 4.79 Å². The summed E-state index contributed by atoms with van der Waals surface area (Å²) in [5, 5.41) is 3.52. The Morgan fingerprint density at radius 1 is 1.12 bits per heavy atom. The molecule has 25 heavy (non-hydrogen) atoms. The average Bonchev–Trinajstić information content (AvgIpc) is 2.62. The van der Waals surface area contributed by atoms with E-state index in [-0.39, 0.29) is 29.3 Å². The van der Waals surface area contributed by atoms with Gasteiger partial charge >= 0.3 is 0 Å². The fraction of sp³-hybridized carbons (Fsp3) is 0.611. The molecule has 5 nitrogen and oxygen atoms in total. The van der Waals surface area contributed by atoms with Crippen molar-refractivity contribution in [3.05, 3.63) is 29.3 Å². The molecule has 1 amide bonds. The van der Waals surface area contributed by atoms with Crippen LogP contribution in [0.5, 0.6) is 0 Å². The highest BCUT2D eigenvalue weighted by Crippen LogP contribution is 2.26. The Morgan fingerprint density at radius 2 is 1.88 bits per heavy atom. The first-order valence-electron chi connectivity index (χ1n) is 9.03. The monoisotopic (exact) mass is 384 g/mol. The SMILES string of the molecule is O=C(NC1CCCCC1)C1CCCN(S(=O)(=O)c2cccc(Cl)c2)C1. The van der Waals surface area contributed by atoms with Gasteiger partial charge in [0.15, 0.2) is 0 Å². The third kappa shape index (κ3) is 4.54. The Bertz CT molecular complexity index is 717. The third-order valence-corrected chi connectivity index (χ3v) is 7.24. The summed E-state index contributed by atoms with van der Waals surface area (Å²) >= 11 is 5.93. The fourth-order valence-electron chi connectivity index (χ4n) is 3.72. The van der Waals surface area contributed by atoms with Crippen LogP contribution in [0, 0.1) is 5.92 Å². The zero-order valence-electron chi connectivity index (χ0n) is 14.3. The molecule has 1 saturated carbocycles. The lowest BCUT2D eigenvalue weighted by Crippen LogP contribution is -2.47. The van der Waals surface area contributed by atoms with Crippen LogP contribution in [0.1, 0.15) is 44.9 Å². The summed E-state index contributed by atoms with van der Waals surface area (Å²) in [5.74, 6) is -0.275. The van der Waals surface area contributed by atoms with Crippen molar-refractivity contribution in [3.8, 4) is 0 Å². The van der Waals surface area contributed by atoms with E-state index >= 15 is 0 Å². The predicted octanol–water partition coefficient (Wildman–Crippen LogP) is 3.19. The molecule has 1 aliphatic carbocycles. The first-order valence-corrected chi connectivity index (χ1v) is 10.8. The lowest BCUT2D eigenvalue weighted by Gasteiger charge is -2.32. The highest BCUT2D eigenvalue weighted by atomic mass is 35.5. The van der Waals surface area contributed by atoms with Crippen molar-refractivity contribution in [3.63, 3.8) is 0 Å². The van der Waals surface area contributed by atoms with Crippen LogP contribution in [0.4, 0.5) is 0 Å². The third-order valence-electron chi connectivity index (χ3n) is 5.14. The molecule has 0 aromatic heterocycles. The minimum atomic E-state index is -3.62. The Labute approximate surface area is 154 Å². The Balaban J connectivity index is 1.66. The molecule has 0 radical (unpaired) electrons. The van der Waals surface area contributed by atoms with Gasteiger partial charge in [0.2, 0.25) is 15.9 Å². The second kappa shape index (κ2) is 8.06. The lowest BCUT2D eigenvalue weighted by atomic mass is 9.93. The topological polar surface area (TPSA) is 66.5 Å². The number of hydrogen-bond donors (Lipinski definition) is 1. The van der Waals surface area contributed by atoms with Crippen molar-refractivity contribution < 1.29 is 13.2 Å². The molecule has 1 aromatic carbocycles. The van der Waals surface area contributed by atoms with Gasteiger partial charge in [0.25, 0.3) is 0 Å². The van der Waals surface area contributed by atoms with E-state index in [1.807, 2.05) is 0 Å². The van der Waals surface area contributed by atoms with Gasteiger partial charge in [-0.1, -0.05) is 36.9 Å². The second-order valence-electron chi connectivity index (χ2n) is 7.00. The van der Waals surface area contributed by atoms with E-state index in [1.54, 1.807) is 18.2 Å². The van der Waals surface area contributed by atoms with Crippen LogP contribution >= 0.6 is 11.6 Å². The Kier molecular flexibility index (Phi) is 6.02. The largest absolute Gasteiger partial charge is 0.353 e. The summed E-state index contributed by atoms with van der Waals surface area (Å²) in [5.41, 5.74) is 0. The first-order chi connectivity index (χ1) is 12.0. The number of piperidine rings is 1. The molecule has 3 rings (SSSR count). The molecule has 1 unspecified atom stereocenters. The highest BCUT2D eigenvalue weighted by Gasteiger charge is 2.34. The van der Waals surface area contributed by atoms with Crippen LogP contribution in [0.2, 0.25) is 5.02 Å². The Hall–Kier alpha value is -1.11. The second-order valence-corrected chi connectivity index (χ2v) is 9.38. The van der Waals surface area contributed by atoms with E-state index in [1.165, 1.54) is 16.8 Å². The van der Waals surface area contributed by atoms with Crippen LogP contribution in [0.15, 0.2) is 29.2 Å². The summed E-state index contributed by atoms with van der Waals surface area (Å²) in [7, 11) is -3.62. The maximum atomic E-state index is 12.8. The first kappa shape index (κ1) is 18.7. The van der Waals surface area contributed by atoms with E-state index in [4.69, 9.17) is 11.6 Å². The quantitative estimate of drug-likeness (QED) is 0.866. The predicted molar refractivity (Wildman–Crippen MR) is 98.0 cm³/mol. The van der Waals surface area contributed by atoms with Crippen LogP contribution < -0.4 is 5.32 Å². The zero-order chi connectivity index (χ0) is 17.9. The Morgan fingerprint density at radius 3 is 2.60 bits per heavy atom. The molecule has 1 atom stereocenters. The molecule has 1 N–H and O–H groups in total. The zero-order valence-corrected chi connectivity index (χ0v) is 15.9. The number of nitrogens with one attached hydrogen (secondary N) is 1. The molecule has 1 aromatic rings. The van der Waals surface area contributed by atoms with E-state index in [9.17, 15) is 13.2 Å². The molecule has 2 fully saturated rings. The fourth-order valence-corrected chi connectivity index (χ4v) is 5.54. The van der Waals surface area contributed by atoms with Gasteiger partial charge in [0.05, 0.1) is 10.8 Å². The normalized spacial score (nSPS) is 23.3. The number of carbonyl (C=O) groups is 1. The van der Waals surface area contributed by atoms with Gasteiger partial charge < -0.3 is 5.32 Å². The van der Waals surface area contributed by atoms with Gasteiger partial charge in [-0.05, 0) is 43.9 Å². The van der Waals surface area contributed by atoms with Gasteiger partial charge in [0, 0.05) is 24.2 Å². The summed E-state index contributed by atoms with van der Waals surface area (Å²) in [4.78, 5) is 12.8. The van der Waals surface area contributed by atoms with E-state index in [0.29, 0.717) is 18.0 Å². The summed E-state index contributed by atoms with van der Waals surface area (Å²) < 4.78 is 27.1. The minimum absolute atomic E-state index is 0.00195. The van der Waals surface area contributed by atoms with Crippen LogP contribution in [0.25, 0.3) is 0 Å². The highest BCUT2D eigenvalue weighted by molar-refractivity contribution is 7.89. The maximum absolute atomic E-state index is 12.8. The molecule has 138 valence electrons. The molecule has 1 heterocycles. The summed E-state index contributed by atoms with van der Waals surface area (Å²) in [6.07, 6.45) is 7.05. The van der Waals surface area contributed by atoms with Gasteiger partial charge in [-0.2, -0.15) is 4.31 Å². The van der Waals surface area contributed by atoms with Crippen molar-refractivity contribution in [2.24, 2.45) is 5.92 Å². The van der Waals surface area contributed by atoms with Gasteiger partial charge in [0.1, 0.15) is 0 Å². The smallest absolute Gasteiger partial charge is 0.243 e. The molecule has 0 spiro atoms. The lowest BCUT2D eigenvalue weighted by molar-refractivity contribution is -0.127. The molecular formula is C18H25ClN2O3S. The van der Waals surface area contributed by atoms with Crippen molar-refractivity contribution in [1.82, 2.24) is 9.62 Å². The number of amides is 1. The molecule has 0 bridgehead atoms. The number of hydrogen-bond acceptors (Lipinski definition) is 3. The van der Waals surface area contributed by atoms with Crippen LogP contribution in [0.3, 0.4) is 0 Å². The minimum Gasteiger partial charge on any atom is -0.353 e. The van der Waals surface area contributed by atoms with Gasteiger partial charge in [-0.25, -0.2) is 8.42 Å². The number of halogens is 1. The van der Waals surface area contributed by atoms with E-state index in [2.05, 4.69) is 5.32 Å². The van der Waals surface area contributed by atoms with Crippen LogP contribution in [-0.4, -0.2) is 37.8 Å². The van der Waals surface area contributed by atoms with Crippen molar-refractivity contribution in [2.45, 2.75) is 55.9 Å². The number of benzene rings is 1. The molecule has 1 saturated heterocycles. The molecule has 7 heteroatoms. The molecular weight excluding hydrogens is 360 g/mol. The van der Waals surface area contributed by atoms with Crippen molar-refractivity contribution >= 4 is 27.5 Å².